The third-order valence-corrected chi connectivity index (χ3v) is 5.88. The van der Waals surface area contributed by atoms with E-state index in [1.807, 2.05) is 13.8 Å². The molecule has 1 aromatic rings. The van der Waals surface area contributed by atoms with Crippen LogP contribution in [0, 0.1) is 11.7 Å². The second-order valence-corrected chi connectivity index (χ2v) is 8.81. The summed E-state index contributed by atoms with van der Waals surface area (Å²) in [5.41, 5.74) is -0.652. The van der Waals surface area contributed by atoms with Crippen LogP contribution in [0.4, 0.5) is 4.39 Å². The predicted molar refractivity (Wildman–Crippen MR) is 92.0 cm³/mol. The summed E-state index contributed by atoms with van der Waals surface area (Å²) in [5, 5.41) is 0. The maximum absolute atomic E-state index is 14.3. The largest absolute Gasteiger partial charge is 0.748 e. The Morgan fingerprint density at radius 1 is 1.41 bits per heavy atom. The molecule has 3 atom stereocenters. The Hall–Kier alpha value is -1.71. The molecule has 0 radical (unpaired) electrons. The van der Waals surface area contributed by atoms with Crippen molar-refractivity contribution < 1.29 is 36.4 Å². The highest BCUT2D eigenvalue weighted by atomic mass is 32.2. The molecule has 9 heteroatoms. The third-order valence-electron chi connectivity index (χ3n) is 5.21. The fraction of sp³-hybridized carbons (Fsp3) is 0.611. The van der Waals surface area contributed by atoms with Gasteiger partial charge in [-0.2, -0.15) is 0 Å². The van der Waals surface area contributed by atoms with Crippen LogP contribution in [0.15, 0.2) is 18.2 Å². The van der Waals surface area contributed by atoms with Gasteiger partial charge in [0.15, 0.2) is 11.6 Å². The van der Waals surface area contributed by atoms with E-state index in [1.165, 1.54) is 12.1 Å². The molecule has 0 aromatic heterocycles. The maximum atomic E-state index is 14.3. The number of halogens is 1. The van der Waals surface area contributed by atoms with Crippen LogP contribution in [-0.2, 0) is 19.6 Å². The first-order valence-electron chi connectivity index (χ1n) is 8.85. The fourth-order valence-corrected chi connectivity index (χ4v) is 4.06. The number of esters is 1. The number of fused-ring (bicyclic) bond motifs is 2. The van der Waals surface area contributed by atoms with Gasteiger partial charge in [0.05, 0.1) is 33.6 Å². The van der Waals surface area contributed by atoms with Crippen LogP contribution in [0.25, 0.3) is 0 Å². The van der Waals surface area contributed by atoms with Gasteiger partial charge in [0.25, 0.3) is 0 Å². The first kappa shape index (κ1) is 20.0. The van der Waals surface area contributed by atoms with E-state index in [1.54, 1.807) is 0 Å². The normalized spacial score (nSPS) is 27.1. The molecule has 0 saturated carbocycles. The van der Waals surface area contributed by atoms with Crippen molar-refractivity contribution in [1.29, 1.82) is 0 Å². The number of benzene rings is 1. The minimum Gasteiger partial charge on any atom is -0.748 e. The van der Waals surface area contributed by atoms with Crippen molar-refractivity contribution in [2.45, 2.75) is 50.9 Å². The maximum Gasteiger partial charge on any atom is 0.338 e. The molecule has 3 rings (SSSR count). The zero-order valence-electron chi connectivity index (χ0n) is 15.1. The molecular weight excluding hydrogens is 379 g/mol. The van der Waals surface area contributed by atoms with E-state index in [4.69, 9.17) is 14.2 Å². The van der Waals surface area contributed by atoms with Gasteiger partial charge < -0.3 is 18.8 Å². The lowest BCUT2D eigenvalue weighted by Crippen LogP contribution is -2.50. The molecule has 0 amide bonds. The van der Waals surface area contributed by atoms with E-state index < -0.39 is 39.9 Å². The lowest BCUT2D eigenvalue weighted by Gasteiger charge is -2.39. The van der Waals surface area contributed by atoms with Crippen molar-refractivity contribution in [3.63, 3.8) is 0 Å². The van der Waals surface area contributed by atoms with E-state index >= 15 is 0 Å². The molecule has 2 fully saturated rings. The average molecular weight is 401 g/mol. The van der Waals surface area contributed by atoms with E-state index in [-0.39, 0.29) is 29.4 Å². The molecule has 0 spiro atoms. The lowest BCUT2D eigenvalue weighted by atomic mass is 9.77. The molecule has 0 aliphatic carbocycles. The van der Waals surface area contributed by atoms with Crippen LogP contribution >= 0.6 is 0 Å². The zero-order valence-corrected chi connectivity index (χ0v) is 16.0. The quantitative estimate of drug-likeness (QED) is 0.510. The standard InChI is InChI=1S/C18H23FO7S/c1-11(2)18(10-13-4-6-16(18)25-13)26-15-9-12(3-5-14(15)19)17(20)24-7-8-27(21,22)23/h3,5,9,11,13,16H,4,6-8,10H2,1-2H3,(H,21,22,23)/p-1. The minimum atomic E-state index is -4.48. The van der Waals surface area contributed by atoms with Crippen LogP contribution in [0.1, 0.15) is 43.5 Å². The van der Waals surface area contributed by atoms with E-state index in [0.717, 1.165) is 18.9 Å². The van der Waals surface area contributed by atoms with Crippen LogP contribution in [0.3, 0.4) is 0 Å². The van der Waals surface area contributed by atoms with Gasteiger partial charge in [-0.05, 0) is 37.0 Å². The van der Waals surface area contributed by atoms with Gasteiger partial charge in [0.1, 0.15) is 12.2 Å². The average Bonchev–Trinajstić information content (AvgIpc) is 3.17. The predicted octanol–water partition coefficient (Wildman–Crippen LogP) is 2.25. The lowest BCUT2D eigenvalue weighted by molar-refractivity contribution is -0.0429. The third kappa shape index (κ3) is 4.25. The topological polar surface area (TPSA) is 102 Å². The van der Waals surface area contributed by atoms with Crippen molar-refractivity contribution in [3.8, 4) is 5.75 Å². The monoisotopic (exact) mass is 401 g/mol. The summed E-state index contributed by atoms with van der Waals surface area (Å²) in [6, 6.07) is 3.55. The molecule has 0 N–H and O–H groups in total. The van der Waals surface area contributed by atoms with Gasteiger partial charge >= 0.3 is 5.97 Å². The molecule has 3 unspecified atom stereocenters. The van der Waals surface area contributed by atoms with E-state index in [0.29, 0.717) is 6.42 Å². The zero-order chi connectivity index (χ0) is 19.8. The molecule has 2 saturated heterocycles. The summed E-state index contributed by atoms with van der Waals surface area (Å²) in [4.78, 5) is 12.1. The van der Waals surface area contributed by atoms with Gasteiger partial charge in [0, 0.05) is 6.42 Å². The molecule has 2 heterocycles. The first-order chi connectivity index (χ1) is 12.6. The van der Waals surface area contributed by atoms with Crippen LogP contribution in [0.2, 0.25) is 0 Å². The van der Waals surface area contributed by atoms with Crippen LogP contribution in [-0.4, -0.2) is 49.1 Å². The van der Waals surface area contributed by atoms with Crippen molar-refractivity contribution in [1.82, 2.24) is 0 Å². The van der Waals surface area contributed by atoms with Gasteiger partial charge in [-0.25, -0.2) is 17.6 Å². The number of hydrogen-bond acceptors (Lipinski definition) is 7. The highest BCUT2D eigenvalue weighted by Gasteiger charge is 2.56. The van der Waals surface area contributed by atoms with Gasteiger partial charge in [-0.3, -0.25) is 0 Å². The molecule has 150 valence electrons. The number of rotatable bonds is 7. The molecule has 2 bridgehead atoms. The SMILES string of the molecule is CC(C)C1(Oc2cc(C(=O)OCCS(=O)(=O)[O-])ccc2F)CC2CCC1O2. The van der Waals surface area contributed by atoms with Crippen molar-refractivity contribution in [3.05, 3.63) is 29.6 Å². The summed E-state index contributed by atoms with van der Waals surface area (Å²) >= 11 is 0. The Labute approximate surface area is 157 Å². The Kier molecular flexibility index (Phi) is 5.47. The van der Waals surface area contributed by atoms with Crippen LogP contribution in [0.5, 0.6) is 5.75 Å². The van der Waals surface area contributed by atoms with Crippen molar-refractivity contribution >= 4 is 16.1 Å². The summed E-state index contributed by atoms with van der Waals surface area (Å²) in [5.74, 6) is -2.29. The van der Waals surface area contributed by atoms with Gasteiger partial charge in [-0.1, -0.05) is 13.8 Å². The number of hydrogen-bond donors (Lipinski definition) is 0. The van der Waals surface area contributed by atoms with Crippen LogP contribution < -0.4 is 4.74 Å². The highest BCUT2D eigenvalue weighted by Crippen LogP contribution is 2.48. The molecule has 7 nitrogen and oxygen atoms in total. The summed E-state index contributed by atoms with van der Waals surface area (Å²) in [6.07, 6.45) is 2.43. The fourth-order valence-electron chi connectivity index (χ4n) is 3.77. The number of carbonyl (C=O) groups excluding carboxylic acids is 1. The molecule has 1 aromatic carbocycles. The Morgan fingerprint density at radius 2 is 2.15 bits per heavy atom. The van der Waals surface area contributed by atoms with Crippen molar-refractivity contribution in [2.75, 3.05) is 12.4 Å². The molecule has 2 aliphatic rings. The Morgan fingerprint density at radius 3 is 2.70 bits per heavy atom. The van der Waals surface area contributed by atoms with E-state index in [9.17, 15) is 22.2 Å². The minimum absolute atomic E-state index is 0.0117. The van der Waals surface area contributed by atoms with Gasteiger partial charge in [0.2, 0.25) is 0 Å². The number of ether oxygens (including phenoxy) is 3. The first-order valence-corrected chi connectivity index (χ1v) is 10.4. The number of carbonyl (C=O) groups is 1. The second kappa shape index (κ2) is 7.37. The molecular formula is C18H22FO7S-. The van der Waals surface area contributed by atoms with Crippen molar-refractivity contribution in [2.24, 2.45) is 5.92 Å². The van der Waals surface area contributed by atoms with E-state index in [2.05, 4.69) is 0 Å². The smallest absolute Gasteiger partial charge is 0.338 e. The summed E-state index contributed by atoms with van der Waals surface area (Å²) < 4.78 is 62.8. The molecule has 2 aliphatic heterocycles. The highest BCUT2D eigenvalue weighted by molar-refractivity contribution is 7.85. The summed E-state index contributed by atoms with van der Waals surface area (Å²) in [7, 11) is -4.48. The second-order valence-electron chi connectivity index (χ2n) is 7.28. The van der Waals surface area contributed by atoms with Gasteiger partial charge in [-0.15, -0.1) is 0 Å². The Balaban J connectivity index is 1.76. The Bertz CT molecular complexity index is 823. The summed E-state index contributed by atoms with van der Waals surface area (Å²) in [6.45, 7) is 3.42. The molecule has 27 heavy (non-hydrogen) atoms.